The fourth-order valence-electron chi connectivity index (χ4n) is 2.51. The maximum Gasteiger partial charge on any atom is 0.243 e. The second-order valence-electron chi connectivity index (χ2n) is 5.52. The highest BCUT2D eigenvalue weighted by Gasteiger charge is 2.22. The van der Waals surface area contributed by atoms with Gasteiger partial charge < -0.3 is 15.0 Å². The number of carbonyl (C=O) groups is 2. The molecule has 0 atom stereocenters. The Kier molecular flexibility index (Phi) is 5.01. The minimum absolute atomic E-state index is 0.0358. The van der Waals surface area contributed by atoms with Gasteiger partial charge in [0, 0.05) is 18.7 Å². The molecule has 0 saturated carbocycles. The van der Waals surface area contributed by atoms with Crippen molar-refractivity contribution in [3.8, 4) is 11.5 Å². The molecular formula is C18H17ClN2O3. The van der Waals surface area contributed by atoms with E-state index < -0.39 is 0 Å². The molecule has 0 radical (unpaired) electrons. The van der Waals surface area contributed by atoms with Gasteiger partial charge in [-0.25, -0.2) is 0 Å². The van der Waals surface area contributed by atoms with E-state index in [2.05, 4.69) is 5.32 Å². The van der Waals surface area contributed by atoms with E-state index in [-0.39, 0.29) is 18.4 Å². The van der Waals surface area contributed by atoms with Crippen molar-refractivity contribution in [2.24, 2.45) is 0 Å². The summed E-state index contributed by atoms with van der Waals surface area (Å²) in [6.45, 7) is 0.744. The molecule has 0 aliphatic carbocycles. The number of amides is 2. The number of hydrogen-bond donors (Lipinski definition) is 1. The van der Waals surface area contributed by atoms with E-state index in [4.69, 9.17) is 16.3 Å². The van der Waals surface area contributed by atoms with Crippen LogP contribution in [0.3, 0.4) is 0 Å². The molecule has 3 rings (SSSR count). The minimum Gasteiger partial charge on any atom is -0.456 e. The van der Waals surface area contributed by atoms with Crippen molar-refractivity contribution < 1.29 is 14.3 Å². The lowest BCUT2D eigenvalue weighted by Crippen LogP contribution is -2.33. The molecule has 6 heteroatoms. The molecule has 5 nitrogen and oxygen atoms in total. The second-order valence-corrected chi connectivity index (χ2v) is 5.93. The van der Waals surface area contributed by atoms with Gasteiger partial charge in [0.15, 0.2) is 0 Å². The molecule has 2 aromatic carbocycles. The van der Waals surface area contributed by atoms with Crippen LogP contribution in [-0.4, -0.2) is 29.8 Å². The first-order chi connectivity index (χ1) is 11.6. The van der Waals surface area contributed by atoms with E-state index >= 15 is 0 Å². The van der Waals surface area contributed by atoms with Crippen LogP contribution in [0.4, 0.5) is 5.69 Å². The smallest absolute Gasteiger partial charge is 0.243 e. The third-order valence-corrected chi connectivity index (χ3v) is 4.02. The van der Waals surface area contributed by atoms with Crippen LogP contribution in [0.1, 0.15) is 12.8 Å². The van der Waals surface area contributed by atoms with E-state index in [0.29, 0.717) is 35.2 Å². The fourth-order valence-corrected chi connectivity index (χ4v) is 2.68. The zero-order chi connectivity index (χ0) is 16.9. The molecule has 0 unspecified atom stereocenters. The predicted molar refractivity (Wildman–Crippen MR) is 92.4 cm³/mol. The molecule has 24 heavy (non-hydrogen) atoms. The zero-order valence-electron chi connectivity index (χ0n) is 13.0. The van der Waals surface area contributed by atoms with Crippen molar-refractivity contribution in [2.75, 3.05) is 18.4 Å². The number of nitrogens with one attached hydrogen (secondary N) is 1. The Labute approximate surface area is 145 Å². The van der Waals surface area contributed by atoms with Gasteiger partial charge in [0.05, 0.1) is 11.6 Å². The number of likely N-dealkylation sites (tertiary alicyclic amines) is 1. The van der Waals surface area contributed by atoms with Gasteiger partial charge in [-0.05, 0) is 42.8 Å². The van der Waals surface area contributed by atoms with Gasteiger partial charge in [-0.3, -0.25) is 9.59 Å². The molecule has 1 N–H and O–H groups in total. The molecule has 124 valence electrons. The number of hydrogen-bond acceptors (Lipinski definition) is 3. The summed E-state index contributed by atoms with van der Waals surface area (Å²) in [6.07, 6.45) is 1.35. The number of rotatable bonds is 5. The Bertz CT molecular complexity index is 746. The van der Waals surface area contributed by atoms with Crippen LogP contribution in [0.25, 0.3) is 0 Å². The van der Waals surface area contributed by atoms with Gasteiger partial charge in [0.25, 0.3) is 0 Å². The Morgan fingerprint density at radius 1 is 1.17 bits per heavy atom. The summed E-state index contributed by atoms with van der Waals surface area (Å²) < 4.78 is 5.69. The van der Waals surface area contributed by atoms with Crippen LogP contribution in [0.2, 0.25) is 5.02 Å². The zero-order valence-corrected chi connectivity index (χ0v) is 13.8. The number of nitrogens with zero attached hydrogens (tertiary/aromatic N) is 1. The summed E-state index contributed by atoms with van der Waals surface area (Å²) in [5.74, 6) is 1.03. The number of para-hydroxylation sites is 1. The van der Waals surface area contributed by atoms with Crippen molar-refractivity contribution in [1.29, 1.82) is 0 Å². The lowest BCUT2D eigenvalue weighted by Gasteiger charge is -2.15. The van der Waals surface area contributed by atoms with Gasteiger partial charge in [0.1, 0.15) is 11.5 Å². The standard InChI is InChI=1S/C18H17ClN2O3/c19-15-4-1-2-5-16(15)24-14-9-7-13(8-10-14)20-17(22)12-21-11-3-6-18(21)23/h1-2,4-5,7-10H,3,6,11-12H2,(H,20,22). The van der Waals surface area contributed by atoms with E-state index in [1.54, 1.807) is 41.3 Å². The Balaban J connectivity index is 1.57. The molecule has 0 bridgehead atoms. The molecular weight excluding hydrogens is 328 g/mol. The number of ether oxygens (including phenoxy) is 1. The highest BCUT2D eigenvalue weighted by molar-refractivity contribution is 6.32. The summed E-state index contributed by atoms with van der Waals surface area (Å²) in [6, 6.07) is 14.2. The van der Waals surface area contributed by atoms with Crippen LogP contribution >= 0.6 is 11.6 Å². The number of benzene rings is 2. The monoisotopic (exact) mass is 344 g/mol. The van der Waals surface area contributed by atoms with E-state index in [9.17, 15) is 9.59 Å². The van der Waals surface area contributed by atoms with Gasteiger partial charge in [-0.15, -0.1) is 0 Å². The van der Waals surface area contributed by atoms with Crippen LogP contribution in [0, 0.1) is 0 Å². The molecule has 1 aliphatic rings. The normalized spacial score (nSPS) is 13.9. The molecule has 0 spiro atoms. The summed E-state index contributed by atoms with van der Waals surface area (Å²) >= 11 is 6.05. The highest BCUT2D eigenvalue weighted by atomic mass is 35.5. The maximum absolute atomic E-state index is 12.0. The molecule has 1 fully saturated rings. The first kappa shape index (κ1) is 16.3. The topological polar surface area (TPSA) is 58.6 Å². The Morgan fingerprint density at radius 2 is 1.92 bits per heavy atom. The molecule has 0 aromatic heterocycles. The summed E-state index contributed by atoms with van der Waals surface area (Å²) in [5, 5.41) is 3.31. The summed E-state index contributed by atoms with van der Waals surface area (Å²) in [7, 11) is 0. The number of anilines is 1. The maximum atomic E-state index is 12.0. The van der Waals surface area contributed by atoms with E-state index in [1.807, 2.05) is 12.1 Å². The van der Waals surface area contributed by atoms with Crippen LogP contribution in [-0.2, 0) is 9.59 Å². The van der Waals surface area contributed by atoms with Crippen molar-refractivity contribution in [2.45, 2.75) is 12.8 Å². The third kappa shape index (κ3) is 4.06. The van der Waals surface area contributed by atoms with Crippen molar-refractivity contribution in [1.82, 2.24) is 4.90 Å². The molecule has 1 heterocycles. The second kappa shape index (κ2) is 7.36. The van der Waals surface area contributed by atoms with Crippen LogP contribution in [0.5, 0.6) is 11.5 Å². The predicted octanol–water partition coefficient (Wildman–Crippen LogP) is 3.69. The first-order valence-corrected chi connectivity index (χ1v) is 8.10. The highest BCUT2D eigenvalue weighted by Crippen LogP contribution is 2.29. The van der Waals surface area contributed by atoms with Gasteiger partial charge >= 0.3 is 0 Å². The Hall–Kier alpha value is -2.53. The summed E-state index contributed by atoms with van der Waals surface area (Å²) in [5.41, 5.74) is 0.651. The molecule has 1 saturated heterocycles. The summed E-state index contributed by atoms with van der Waals surface area (Å²) in [4.78, 5) is 25.1. The van der Waals surface area contributed by atoms with Crippen molar-refractivity contribution >= 4 is 29.1 Å². The van der Waals surface area contributed by atoms with E-state index in [0.717, 1.165) is 6.42 Å². The van der Waals surface area contributed by atoms with Crippen LogP contribution < -0.4 is 10.1 Å². The van der Waals surface area contributed by atoms with E-state index in [1.165, 1.54) is 0 Å². The first-order valence-electron chi connectivity index (χ1n) is 7.72. The van der Waals surface area contributed by atoms with Crippen LogP contribution in [0.15, 0.2) is 48.5 Å². The average molecular weight is 345 g/mol. The molecule has 2 amide bonds. The quantitative estimate of drug-likeness (QED) is 0.899. The lowest BCUT2D eigenvalue weighted by atomic mass is 10.3. The van der Waals surface area contributed by atoms with Gasteiger partial charge in [0.2, 0.25) is 11.8 Å². The number of carbonyl (C=O) groups excluding carboxylic acids is 2. The van der Waals surface area contributed by atoms with Gasteiger partial charge in [-0.1, -0.05) is 23.7 Å². The fraction of sp³-hybridized carbons (Fsp3) is 0.222. The van der Waals surface area contributed by atoms with Gasteiger partial charge in [-0.2, -0.15) is 0 Å². The SMILES string of the molecule is O=C(CN1CCCC1=O)Nc1ccc(Oc2ccccc2Cl)cc1. The van der Waals surface area contributed by atoms with Crippen molar-refractivity contribution in [3.05, 3.63) is 53.6 Å². The number of halogens is 1. The largest absolute Gasteiger partial charge is 0.456 e. The average Bonchev–Trinajstić information content (AvgIpc) is 2.96. The third-order valence-electron chi connectivity index (χ3n) is 3.71. The Morgan fingerprint density at radius 3 is 2.58 bits per heavy atom. The minimum atomic E-state index is -0.204. The molecule has 1 aliphatic heterocycles. The lowest BCUT2D eigenvalue weighted by molar-refractivity contribution is -0.131. The molecule has 2 aromatic rings. The van der Waals surface area contributed by atoms with Crippen molar-refractivity contribution in [3.63, 3.8) is 0 Å².